The molecule has 0 aliphatic heterocycles. The lowest BCUT2D eigenvalue weighted by Crippen LogP contribution is -2.69. The number of fused-ring (bicyclic) bond motifs is 10. The first-order valence-corrected chi connectivity index (χ1v) is 23.4. The lowest BCUT2D eigenvalue weighted by molar-refractivity contribution is -0.220. The summed E-state index contributed by atoms with van der Waals surface area (Å²) in [7, 11) is 0. The Balaban J connectivity index is 0.791. The highest BCUT2D eigenvalue weighted by atomic mass is 19.1. The molecule has 6 fully saturated rings. The Kier molecular flexibility index (Phi) is 11.9. The largest absolute Gasteiger partial charge is 0.511 e. The molecule has 6 saturated carbocycles. The lowest BCUT2D eigenvalue weighted by atomic mass is 9.44. The van der Waals surface area contributed by atoms with E-state index in [1.807, 2.05) is 0 Å². The molecule has 0 bridgehead atoms. The first-order chi connectivity index (χ1) is 31.2. The van der Waals surface area contributed by atoms with E-state index in [0.717, 1.165) is 0 Å². The van der Waals surface area contributed by atoms with Crippen LogP contribution < -0.4 is 0 Å². The molecule has 0 spiro atoms. The molecule has 8 aliphatic carbocycles. The minimum atomic E-state index is -2.17. The Bertz CT molecular complexity index is 2310. The average molecular weight is 941 g/mol. The van der Waals surface area contributed by atoms with E-state index in [1.165, 1.54) is 36.5 Å². The third kappa shape index (κ3) is 6.70. The number of carbonyl (C=O) groups is 7. The Morgan fingerprint density at radius 3 is 1.46 bits per heavy atom. The Morgan fingerprint density at radius 1 is 0.627 bits per heavy atom. The van der Waals surface area contributed by atoms with Crippen molar-refractivity contribution in [1.82, 2.24) is 0 Å². The van der Waals surface area contributed by atoms with Gasteiger partial charge in [-0.1, -0.05) is 51.0 Å². The number of ketones is 4. The Hall–Kier alpha value is -4.45. The molecule has 0 aromatic rings. The molecule has 0 aromatic heterocycles. The maximum Gasteiger partial charge on any atom is 0.511 e. The van der Waals surface area contributed by atoms with Gasteiger partial charge in [0.25, 0.3) is 0 Å². The van der Waals surface area contributed by atoms with Crippen LogP contribution in [0.15, 0.2) is 47.6 Å². The second-order valence-corrected chi connectivity index (χ2v) is 21.7. The summed E-state index contributed by atoms with van der Waals surface area (Å²) in [5.41, 5.74) is -12.5. The molecule has 17 heteroatoms. The molecule has 0 saturated heterocycles. The summed E-state index contributed by atoms with van der Waals surface area (Å²) in [5, 5.41) is 47.4. The molecule has 4 N–H and O–H groups in total. The number of aliphatic hydroxyl groups excluding tert-OH is 2. The smallest absolute Gasteiger partial charge is 0.458 e. The first kappa shape index (κ1) is 49.0. The third-order valence-electron chi connectivity index (χ3n) is 18.9. The van der Waals surface area contributed by atoms with Crippen LogP contribution in [0.4, 0.5) is 13.6 Å². The molecule has 0 aromatic carbocycles. The van der Waals surface area contributed by atoms with Gasteiger partial charge in [0, 0.05) is 33.5 Å². The van der Waals surface area contributed by atoms with Crippen LogP contribution in [0.2, 0.25) is 0 Å². The van der Waals surface area contributed by atoms with Crippen molar-refractivity contribution >= 4 is 41.2 Å². The fraction of sp³-hybridized carbons (Fsp3) is 0.700. The quantitative estimate of drug-likeness (QED) is 0.124. The highest BCUT2D eigenvalue weighted by Gasteiger charge is 2.77. The summed E-state index contributed by atoms with van der Waals surface area (Å²) < 4.78 is 54.7. The SMILES string of the molecule is CC1CC2C3CCC4=CC(=O)C=CC4(C)C3(F)C(O)CC2(C)C1(O)C(=O)COC(=O)CCC(=O)OCOC(=O)OCC(=O)C1(O)C(C)CC2C3CCC4=CC(=O)C=CC4(C)C3(F)C(O)CC21C. The van der Waals surface area contributed by atoms with Gasteiger partial charge in [-0.15, -0.1) is 0 Å². The van der Waals surface area contributed by atoms with E-state index < -0.39 is 154 Å². The minimum Gasteiger partial charge on any atom is -0.458 e. The molecule has 0 heterocycles. The van der Waals surface area contributed by atoms with Gasteiger partial charge in [-0.05, 0) is 113 Å². The van der Waals surface area contributed by atoms with Crippen LogP contribution in [0.5, 0.6) is 0 Å². The van der Waals surface area contributed by atoms with E-state index in [4.69, 9.17) is 18.9 Å². The standard InChI is InChI=1S/C50H62F2O15/c1-26-17-34-32-9-7-28-19-30(53)13-15-43(28,3)47(32,51)36(55)21-45(34,5)49(26,62)38(57)23-64-40(59)11-12-41(60)66-25-67-42(61)65-24-39(58)50(63)27(2)18-35-33-10-8-29-20-31(54)14-16-44(29,4)48(33,52)37(56)22-46(35,50)6/h13-16,19-20,26-27,32-37,55-56,62-63H,7-12,17-18,21-25H2,1-6H3. The number of aliphatic hydroxyl groups is 4. The second-order valence-electron chi connectivity index (χ2n) is 21.7. The van der Waals surface area contributed by atoms with Crippen molar-refractivity contribution in [2.24, 2.45) is 57.2 Å². The molecule has 16 atom stereocenters. The summed E-state index contributed by atoms with van der Waals surface area (Å²) in [5.74, 6) is -8.17. The number of hydrogen-bond donors (Lipinski definition) is 4. The highest BCUT2D eigenvalue weighted by molar-refractivity contribution is 6.02. The zero-order valence-corrected chi connectivity index (χ0v) is 38.8. The molecular formula is C50H62F2O15. The van der Waals surface area contributed by atoms with E-state index in [0.29, 0.717) is 36.8 Å². The lowest BCUT2D eigenvalue weighted by Gasteiger charge is -2.62. The van der Waals surface area contributed by atoms with Crippen LogP contribution >= 0.6 is 0 Å². The fourth-order valence-electron chi connectivity index (χ4n) is 15.3. The van der Waals surface area contributed by atoms with Crippen molar-refractivity contribution in [1.29, 1.82) is 0 Å². The number of hydrogen-bond acceptors (Lipinski definition) is 15. The number of allylic oxidation sites excluding steroid dienone is 8. The predicted molar refractivity (Wildman–Crippen MR) is 229 cm³/mol. The molecule has 366 valence electrons. The van der Waals surface area contributed by atoms with Crippen LogP contribution in [0.3, 0.4) is 0 Å². The Labute approximate surface area is 387 Å². The topological polar surface area (TPSA) is 237 Å². The molecule has 15 nitrogen and oxygen atoms in total. The maximum atomic E-state index is 17.5. The van der Waals surface area contributed by atoms with Gasteiger partial charge in [-0.3, -0.25) is 28.8 Å². The second kappa shape index (κ2) is 16.3. The molecule has 0 amide bonds. The number of carbonyl (C=O) groups excluding carboxylic acids is 7. The number of esters is 2. The predicted octanol–water partition coefficient (Wildman–Crippen LogP) is 4.80. The summed E-state index contributed by atoms with van der Waals surface area (Å²) >= 11 is 0. The van der Waals surface area contributed by atoms with Gasteiger partial charge in [-0.25, -0.2) is 13.6 Å². The number of rotatable bonds is 11. The Morgan fingerprint density at radius 2 is 1.03 bits per heavy atom. The molecular weight excluding hydrogens is 879 g/mol. The average Bonchev–Trinajstić information content (AvgIpc) is 3.60. The van der Waals surface area contributed by atoms with Crippen molar-refractivity contribution in [3.63, 3.8) is 0 Å². The summed E-state index contributed by atoms with van der Waals surface area (Å²) in [4.78, 5) is 89.4. The number of alkyl halides is 2. The monoisotopic (exact) mass is 940 g/mol. The van der Waals surface area contributed by atoms with Gasteiger partial charge in [0.2, 0.25) is 18.4 Å². The number of Topliss-reactive ketones (excluding diaryl/α,β-unsaturated/α-hetero) is 2. The van der Waals surface area contributed by atoms with E-state index in [1.54, 1.807) is 41.5 Å². The molecule has 8 rings (SSSR count). The van der Waals surface area contributed by atoms with Crippen molar-refractivity contribution in [3.8, 4) is 0 Å². The third-order valence-corrected chi connectivity index (χ3v) is 18.9. The van der Waals surface area contributed by atoms with Crippen molar-refractivity contribution in [2.45, 2.75) is 140 Å². The van der Waals surface area contributed by atoms with Gasteiger partial charge in [0.05, 0.1) is 25.0 Å². The van der Waals surface area contributed by atoms with Crippen molar-refractivity contribution in [3.05, 3.63) is 47.6 Å². The van der Waals surface area contributed by atoms with Gasteiger partial charge in [-0.2, -0.15) is 0 Å². The van der Waals surface area contributed by atoms with Crippen LogP contribution in [0.25, 0.3) is 0 Å². The number of ether oxygens (including phenoxy) is 4. The van der Waals surface area contributed by atoms with E-state index in [9.17, 15) is 54.0 Å². The maximum absolute atomic E-state index is 17.5. The van der Waals surface area contributed by atoms with Crippen LogP contribution in [0, 0.1) is 57.2 Å². The number of halogens is 2. The molecule has 0 radical (unpaired) electrons. The van der Waals surface area contributed by atoms with Crippen LogP contribution in [-0.4, -0.2) is 116 Å². The minimum absolute atomic E-state index is 0.250. The van der Waals surface area contributed by atoms with E-state index in [-0.39, 0.29) is 37.2 Å². The van der Waals surface area contributed by atoms with E-state index in [2.05, 4.69) is 0 Å². The summed E-state index contributed by atoms with van der Waals surface area (Å²) in [6.45, 7) is 7.17. The first-order valence-electron chi connectivity index (χ1n) is 23.4. The van der Waals surface area contributed by atoms with Gasteiger partial charge in [0.15, 0.2) is 36.1 Å². The fourth-order valence-corrected chi connectivity index (χ4v) is 15.3. The van der Waals surface area contributed by atoms with E-state index >= 15 is 8.78 Å². The van der Waals surface area contributed by atoms with Crippen LogP contribution in [-0.2, 0) is 47.7 Å². The molecule has 16 unspecified atom stereocenters. The van der Waals surface area contributed by atoms with Gasteiger partial charge >= 0.3 is 18.1 Å². The summed E-state index contributed by atoms with van der Waals surface area (Å²) in [6, 6.07) is 0. The van der Waals surface area contributed by atoms with Gasteiger partial charge in [0.1, 0.15) is 11.2 Å². The van der Waals surface area contributed by atoms with Crippen LogP contribution in [0.1, 0.15) is 106 Å². The molecule has 8 aliphatic rings. The zero-order chi connectivity index (χ0) is 49.1. The van der Waals surface area contributed by atoms with Crippen molar-refractivity contribution < 1.29 is 81.7 Å². The normalized spacial score (nSPS) is 45.7. The molecule has 67 heavy (non-hydrogen) atoms. The highest BCUT2D eigenvalue weighted by Crippen LogP contribution is 2.72. The van der Waals surface area contributed by atoms with Crippen molar-refractivity contribution in [2.75, 3.05) is 20.0 Å². The summed E-state index contributed by atoms with van der Waals surface area (Å²) in [6.07, 6.45) is 4.16. The zero-order valence-electron chi connectivity index (χ0n) is 38.8. The van der Waals surface area contributed by atoms with Gasteiger partial charge < -0.3 is 39.4 Å².